The molecule has 168 valence electrons. The van der Waals surface area contributed by atoms with E-state index in [1.807, 2.05) is 6.07 Å². The number of carbonyl (C=O) groups excluding carboxylic acids is 2. The fourth-order valence-electron chi connectivity index (χ4n) is 4.12. The van der Waals surface area contributed by atoms with Gasteiger partial charge in [-0.05, 0) is 48.7 Å². The highest BCUT2D eigenvalue weighted by Crippen LogP contribution is 2.44. The summed E-state index contributed by atoms with van der Waals surface area (Å²) < 4.78 is 16.3. The van der Waals surface area contributed by atoms with Gasteiger partial charge in [-0.15, -0.1) is 0 Å². The van der Waals surface area contributed by atoms with Gasteiger partial charge in [0, 0.05) is 12.8 Å². The smallest absolute Gasteiger partial charge is 0.375 e. The molecule has 2 aromatic carbocycles. The molecule has 0 saturated carbocycles. The minimum absolute atomic E-state index is 0.0140. The first-order valence-electron chi connectivity index (χ1n) is 10.1. The van der Waals surface area contributed by atoms with Crippen LogP contribution in [-0.4, -0.2) is 51.7 Å². The predicted octanol–water partition coefficient (Wildman–Crippen LogP) is 2.45. The summed E-state index contributed by atoms with van der Waals surface area (Å²) in [6, 6.07) is 11.0. The van der Waals surface area contributed by atoms with Crippen LogP contribution >= 0.6 is 0 Å². The first-order valence-corrected chi connectivity index (χ1v) is 10.1. The summed E-state index contributed by atoms with van der Waals surface area (Å²) in [7, 11) is 1.17. The lowest BCUT2D eigenvalue weighted by molar-refractivity contribution is -0.169. The van der Waals surface area contributed by atoms with Crippen LogP contribution in [-0.2, 0) is 31.9 Å². The van der Waals surface area contributed by atoms with Crippen LogP contribution in [0.5, 0.6) is 11.5 Å². The number of fused-ring (bicyclic) bond motifs is 1. The SMILES string of the molecule is COC(=O)C1(Cc2ccc3c(c2)OC(C(C)(C)O)C3)OC(=O)C(O)=C1c1ccc(O)cc1. The summed E-state index contributed by atoms with van der Waals surface area (Å²) in [4.78, 5) is 25.3. The zero-order valence-electron chi connectivity index (χ0n) is 17.9. The van der Waals surface area contributed by atoms with Crippen LogP contribution in [0.3, 0.4) is 0 Å². The molecule has 2 aliphatic rings. The Bertz CT molecular complexity index is 1110. The number of hydrogen-bond donors (Lipinski definition) is 3. The van der Waals surface area contributed by atoms with E-state index in [2.05, 4.69) is 0 Å². The van der Waals surface area contributed by atoms with Gasteiger partial charge in [0.15, 0.2) is 0 Å². The Hall–Kier alpha value is -3.52. The molecule has 0 spiro atoms. The van der Waals surface area contributed by atoms with Crippen LogP contribution < -0.4 is 4.74 Å². The number of rotatable bonds is 5. The number of carbonyl (C=O) groups is 2. The summed E-state index contributed by atoms with van der Waals surface area (Å²) in [5.74, 6) is -2.04. The highest BCUT2D eigenvalue weighted by atomic mass is 16.6. The molecule has 0 amide bonds. The number of aliphatic hydroxyl groups is 2. The minimum atomic E-state index is -1.92. The summed E-state index contributed by atoms with van der Waals surface area (Å²) in [5, 5.41) is 30.4. The van der Waals surface area contributed by atoms with Crippen LogP contribution in [0, 0.1) is 0 Å². The van der Waals surface area contributed by atoms with Crippen LogP contribution in [0.1, 0.15) is 30.5 Å². The molecule has 3 N–H and O–H groups in total. The Kier molecular flexibility index (Phi) is 5.13. The molecule has 2 heterocycles. The van der Waals surface area contributed by atoms with Crippen LogP contribution in [0.4, 0.5) is 0 Å². The number of methoxy groups -OCH3 is 1. The van der Waals surface area contributed by atoms with Crippen molar-refractivity contribution >= 4 is 17.5 Å². The van der Waals surface area contributed by atoms with E-state index in [4.69, 9.17) is 14.2 Å². The number of phenols is 1. The number of esters is 2. The van der Waals surface area contributed by atoms with E-state index in [0.29, 0.717) is 23.3 Å². The molecule has 0 aromatic heterocycles. The third-order valence-electron chi connectivity index (χ3n) is 5.82. The van der Waals surface area contributed by atoms with Crippen molar-refractivity contribution in [2.24, 2.45) is 0 Å². The number of hydrogen-bond acceptors (Lipinski definition) is 8. The number of aliphatic hydroxyl groups excluding tert-OH is 1. The van der Waals surface area contributed by atoms with E-state index in [1.54, 1.807) is 26.0 Å². The lowest BCUT2D eigenvalue weighted by Crippen LogP contribution is -2.44. The van der Waals surface area contributed by atoms with Gasteiger partial charge in [0.2, 0.25) is 11.4 Å². The van der Waals surface area contributed by atoms with E-state index in [-0.39, 0.29) is 17.7 Å². The Morgan fingerprint density at radius 1 is 1.19 bits per heavy atom. The number of aromatic hydroxyl groups is 1. The highest BCUT2D eigenvalue weighted by molar-refractivity contribution is 6.11. The largest absolute Gasteiger partial charge is 0.508 e. The van der Waals surface area contributed by atoms with Crippen molar-refractivity contribution in [3.8, 4) is 11.5 Å². The van der Waals surface area contributed by atoms with Gasteiger partial charge >= 0.3 is 11.9 Å². The molecular formula is C24H24O8. The van der Waals surface area contributed by atoms with E-state index in [1.165, 1.54) is 31.4 Å². The average molecular weight is 440 g/mol. The van der Waals surface area contributed by atoms with Crippen molar-refractivity contribution in [2.75, 3.05) is 7.11 Å². The molecule has 2 unspecified atom stereocenters. The third-order valence-corrected chi connectivity index (χ3v) is 5.82. The predicted molar refractivity (Wildman–Crippen MR) is 113 cm³/mol. The molecule has 2 aliphatic heterocycles. The molecule has 0 radical (unpaired) electrons. The van der Waals surface area contributed by atoms with Crippen molar-refractivity contribution < 1.29 is 39.1 Å². The maximum atomic E-state index is 12.9. The average Bonchev–Trinajstić information content (AvgIpc) is 3.28. The van der Waals surface area contributed by atoms with E-state index < -0.39 is 35.0 Å². The lowest BCUT2D eigenvalue weighted by atomic mass is 9.83. The van der Waals surface area contributed by atoms with Crippen LogP contribution in [0.25, 0.3) is 5.57 Å². The fourth-order valence-corrected chi connectivity index (χ4v) is 4.12. The zero-order valence-corrected chi connectivity index (χ0v) is 17.9. The standard InChI is InChI=1S/C24H24O8/c1-23(2,29)18-11-15-5-4-13(10-17(15)31-18)12-24(22(28)30-3)19(20(26)21(27)32-24)14-6-8-16(25)9-7-14/h4-10,18,25-26,29H,11-12H2,1-3H3. The molecule has 4 rings (SSSR count). The van der Waals surface area contributed by atoms with Gasteiger partial charge in [0.1, 0.15) is 17.6 Å². The second kappa shape index (κ2) is 7.56. The molecule has 2 aromatic rings. The van der Waals surface area contributed by atoms with Crippen molar-refractivity contribution in [3.63, 3.8) is 0 Å². The molecule has 2 atom stereocenters. The van der Waals surface area contributed by atoms with Crippen molar-refractivity contribution in [2.45, 2.75) is 44.0 Å². The van der Waals surface area contributed by atoms with Gasteiger partial charge in [-0.3, -0.25) is 0 Å². The normalized spacial score (nSPS) is 22.4. The summed E-state index contributed by atoms with van der Waals surface area (Å²) in [6.07, 6.45) is 0.00805. The van der Waals surface area contributed by atoms with Crippen molar-refractivity contribution in [1.82, 2.24) is 0 Å². The first-order chi connectivity index (χ1) is 15.0. The van der Waals surface area contributed by atoms with E-state index in [9.17, 15) is 24.9 Å². The summed E-state index contributed by atoms with van der Waals surface area (Å²) in [5.41, 5.74) is -1.15. The van der Waals surface area contributed by atoms with Gasteiger partial charge in [0.25, 0.3) is 0 Å². The molecule has 0 fully saturated rings. The Balaban J connectivity index is 1.75. The van der Waals surface area contributed by atoms with E-state index >= 15 is 0 Å². The van der Waals surface area contributed by atoms with Gasteiger partial charge in [0.05, 0.1) is 18.3 Å². The second-order valence-corrected chi connectivity index (χ2v) is 8.56. The van der Waals surface area contributed by atoms with Crippen LogP contribution in [0.2, 0.25) is 0 Å². The van der Waals surface area contributed by atoms with Crippen LogP contribution in [0.15, 0.2) is 48.2 Å². The summed E-state index contributed by atoms with van der Waals surface area (Å²) in [6.45, 7) is 3.35. The Morgan fingerprint density at radius 2 is 1.88 bits per heavy atom. The number of cyclic esters (lactones) is 1. The second-order valence-electron chi connectivity index (χ2n) is 8.56. The zero-order chi connectivity index (χ0) is 23.3. The molecule has 0 saturated heterocycles. The maximum absolute atomic E-state index is 12.9. The molecule has 8 nitrogen and oxygen atoms in total. The monoisotopic (exact) mass is 440 g/mol. The molecule has 0 bridgehead atoms. The Labute approximate surface area is 184 Å². The minimum Gasteiger partial charge on any atom is -0.508 e. The number of ether oxygens (including phenoxy) is 3. The summed E-state index contributed by atoms with van der Waals surface area (Å²) >= 11 is 0. The maximum Gasteiger partial charge on any atom is 0.375 e. The third kappa shape index (κ3) is 3.56. The van der Waals surface area contributed by atoms with Gasteiger partial charge in [-0.25, -0.2) is 9.59 Å². The molecule has 32 heavy (non-hydrogen) atoms. The van der Waals surface area contributed by atoms with Crippen molar-refractivity contribution in [3.05, 3.63) is 64.9 Å². The molecular weight excluding hydrogens is 416 g/mol. The van der Waals surface area contributed by atoms with Crippen molar-refractivity contribution in [1.29, 1.82) is 0 Å². The molecule has 0 aliphatic carbocycles. The topological polar surface area (TPSA) is 123 Å². The first kappa shape index (κ1) is 21.7. The Morgan fingerprint density at radius 3 is 2.50 bits per heavy atom. The van der Waals surface area contributed by atoms with Gasteiger partial charge in [-0.1, -0.05) is 24.3 Å². The van der Waals surface area contributed by atoms with Gasteiger partial charge < -0.3 is 29.5 Å². The lowest BCUT2D eigenvalue weighted by Gasteiger charge is -2.28. The fraction of sp³-hybridized carbons (Fsp3) is 0.333. The number of phenolic OH excluding ortho intramolecular Hbond substituents is 1. The molecule has 8 heteroatoms. The quantitative estimate of drug-likeness (QED) is 0.606. The van der Waals surface area contributed by atoms with Gasteiger partial charge in [-0.2, -0.15) is 0 Å². The highest BCUT2D eigenvalue weighted by Gasteiger charge is 2.55. The van der Waals surface area contributed by atoms with E-state index in [0.717, 1.165) is 5.56 Å². The number of benzene rings is 2.